The van der Waals surface area contributed by atoms with Crippen LogP contribution >= 0.6 is 11.6 Å². The molecule has 25 heavy (non-hydrogen) atoms. The Balaban J connectivity index is 2.77. The number of methoxy groups -OCH3 is 1. The summed E-state index contributed by atoms with van der Waals surface area (Å²) in [5.41, 5.74) is 0.834. The van der Waals surface area contributed by atoms with E-state index in [0.29, 0.717) is 18.1 Å². The van der Waals surface area contributed by atoms with Gasteiger partial charge in [-0.3, -0.25) is 14.4 Å². The molecule has 0 spiro atoms. The normalized spacial score (nSPS) is 11.8. The van der Waals surface area contributed by atoms with Gasteiger partial charge in [0.25, 0.3) is 0 Å². The molecule has 1 aromatic rings. The lowest BCUT2D eigenvalue weighted by molar-refractivity contribution is -0.146. The van der Waals surface area contributed by atoms with Gasteiger partial charge in [0.05, 0.1) is 13.0 Å². The van der Waals surface area contributed by atoms with Crippen LogP contribution in [0.2, 0.25) is 5.02 Å². The number of ether oxygens (including phenoxy) is 1. The minimum absolute atomic E-state index is 0.176. The fraction of sp³-hybridized carbons (Fsp3) is 0.389. The van der Waals surface area contributed by atoms with Gasteiger partial charge in [-0.05, 0) is 23.8 Å². The summed E-state index contributed by atoms with van der Waals surface area (Å²) < 4.78 is 4.70. The van der Waals surface area contributed by atoms with Crippen LogP contribution in [0.15, 0.2) is 30.3 Å². The lowest BCUT2D eigenvalue weighted by Crippen LogP contribution is -2.41. The minimum atomic E-state index is -0.463. The Morgan fingerprint density at radius 2 is 1.92 bits per heavy atom. The van der Waals surface area contributed by atoms with Crippen LogP contribution in [0.4, 0.5) is 0 Å². The van der Waals surface area contributed by atoms with Gasteiger partial charge in [-0.15, -0.1) is 0 Å². The van der Waals surface area contributed by atoms with Crippen molar-refractivity contribution < 1.29 is 19.1 Å². The number of benzene rings is 1. The topological polar surface area (TPSA) is 75.7 Å². The van der Waals surface area contributed by atoms with Gasteiger partial charge in [-0.25, -0.2) is 0 Å². The van der Waals surface area contributed by atoms with Crippen molar-refractivity contribution in [2.75, 3.05) is 26.7 Å². The van der Waals surface area contributed by atoms with E-state index in [1.54, 1.807) is 37.3 Å². The molecule has 0 heterocycles. The highest BCUT2D eigenvalue weighted by Gasteiger charge is 2.20. The summed E-state index contributed by atoms with van der Waals surface area (Å²) in [6.07, 6.45) is 3.11. The molecule has 1 unspecified atom stereocenters. The van der Waals surface area contributed by atoms with Crippen molar-refractivity contribution in [1.29, 1.82) is 0 Å². The van der Waals surface area contributed by atoms with E-state index in [-0.39, 0.29) is 24.3 Å². The average Bonchev–Trinajstić information content (AvgIpc) is 2.58. The molecule has 2 amide bonds. The molecule has 7 heteroatoms. The monoisotopic (exact) mass is 366 g/mol. The van der Waals surface area contributed by atoms with Crippen molar-refractivity contribution in [2.45, 2.75) is 13.8 Å². The molecule has 136 valence electrons. The van der Waals surface area contributed by atoms with Crippen molar-refractivity contribution >= 4 is 35.5 Å². The van der Waals surface area contributed by atoms with Crippen LogP contribution in [0.25, 0.3) is 6.08 Å². The Kier molecular flexibility index (Phi) is 8.70. The lowest BCUT2D eigenvalue weighted by atomic mass is 10.1. The van der Waals surface area contributed by atoms with Crippen molar-refractivity contribution in [2.24, 2.45) is 5.92 Å². The van der Waals surface area contributed by atoms with Crippen LogP contribution in [0.5, 0.6) is 0 Å². The molecule has 0 aromatic heterocycles. The second-order valence-corrected chi connectivity index (χ2v) is 6.01. The number of rotatable bonds is 8. The molecule has 0 aliphatic rings. The van der Waals surface area contributed by atoms with E-state index in [1.807, 2.05) is 0 Å². The second-order valence-electron chi connectivity index (χ2n) is 5.58. The number of nitrogens with zero attached hydrogens (tertiary/aromatic N) is 1. The summed E-state index contributed by atoms with van der Waals surface area (Å²) >= 11 is 5.83. The average molecular weight is 367 g/mol. The van der Waals surface area contributed by atoms with Crippen LogP contribution in [-0.2, 0) is 19.1 Å². The molecule has 1 rings (SSSR count). The molecule has 0 radical (unpaired) electrons. The molecular weight excluding hydrogens is 344 g/mol. The van der Waals surface area contributed by atoms with E-state index in [0.717, 1.165) is 5.56 Å². The van der Waals surface area contributed by atoms with Gasteiger partial charge in [0.1, 0.15) is 0 Å². The maximum Gasteiger partial charge on any atom is 0.310 e. The summed E-state index contributed by atoms with van der Waals surface area (Å²) in [5.74, 6) is -1.28. The SMILES string of the molecule is COC(=O)C(C)CN(CCNC(C)=O)C(=O)/C=C/c1ccc(Cl)cc1. The zero-order chi connectivity index (χ0) is 18.8. The first-order chi connectivity index (χ1) is 11.8. The Bertz CT molecular complexity index is 628. The Hall–Kier alpha value is -2.34. The van der Waals surface area contributed by atoms with Gasteiger partial charge in [0.2, 0.25) is 11.8 Å². The third kappa shape index (κ3) is 7.85. The van der Waals surface area contributed by atoms with Crippen LogP contribution in [0, 0.1) is 5.92 Å². The highest BCUT2D eigenvalue weighted by molar-refractivity contribution is 6.30. The van der Waals surface area contributed by atoms with Gasteiger partial charge < -0.3 is 15.0 Å². The largest absolute Gasteiger partial charge is 0.469 e. The van der Waals surface area contributed by atoms with Gasteiger partial charge >= 0.3 is 5.97 Å². The van der Waals surface area contributed by atoms with Crippen LogP contribution < -0.4 is 5.32 Å². The second kappa shape index (κ2) is 10.5. The lowest BCUT2D eigenvalue weighted by Gasteiger charge is -2.24. The molecule has 0 aliphatic heterocycles. The summed E-state index contributed by atoms with van der Waals surface area (Å²) in [7, 11) is 1.31. The molecule has 0 fully saturated rings. The summed E-state index contributed by atoms with van der Waals surface area (Å²) in [4.78, 5) is 36.6. The number of hydrogen-bond donors (Lipinski definition) is 1. The van der Waals surface area contributed by atoms with Crippen LogP contribution in [0.1, 0.15) is 19.4 Å². The Morgan fingerprint density at radius 1 is 1.28 bits per heavy atom. The van der Waals surface area contributed by atoms with Gasteiger partial charge in [-0.2, -0.15) is 0 Å². The number of halogens is 1. The standard InChI is InChI=1S/C18H23ClN2O4/c1-13(18(24)25-3)12-21(11-10-20-14(2)22)17(23)9-6-15-4-7-16(19)8-5-15/h4-9,13H,10-12H2,1-3H3,(H,20,22)/b9-6+. The molecule has 0 bridgehead atoms. The molecule has 1 aromatic carbocycles. The number of carbonyl (C=O) groups excluding carboxylic acids is 3. The predicted octanol–water partition coefficient (Wildman–Crippen LogP) is 2.13. The van der Waals surface area contributed by atoms with E-state index >= 15 is 0 Å². The van der Waals surface area contributed by atoms with Crippen molar-refractivity contribution in [3.63, 3.8) is 0 Å². The first kappa shape index (κ1) is 20.7. The molecule has 1 atom stereocenters. The van der Waals surface area contributed by atoms with E-state index in [4.69, 9.17) is 16.3 Å². The van der Waals surface area contributed by atoms with E-state index in [2.05, 4.69) is 5.32 Å². The molecule has 6 nitrogen and oxygen atoms in total. The van der Waals surface area contributed by atoms with Crippen molar-refractivity contribution in [3.05, 3.63) is 40.9 Å². The summed E-state index contributed by atoms with van der Waals surface area (Å²) in [6, 6.07) is 7.06. The molecular formula is C18H23ClN2O4. The predicted molar refractivity (Wildman–Crippen MR) is 96.9 cm³/mol. The van der Waals surface area contributed by atoms with Crippen molar-refractivity contribution in [1.82, 2.24) is 10.2 Å². The molecule has 0 saturated carbocycles. The fourth-order valence-corrected chi connectivity index (χ4v) is 2.24. The third-order valence-corrected chi connectivity index (χ3v) is 3.71. The van der Waals surface area contributed by atoms with E-state index in [1.165, 1.54) is 25.0 Å². The fourth-order valence-electron chi connectivity index (χ4n) is 2.11. The maximum atomic E-state index is 12.5. The zero-order valence-corrected chi connectivity index (χ0v) is 15.4. The first-order valence-electron chi connectivity index (χ1n) is 7.88. The minimum Gasteiger partial charge on any atom is -0.469 e. The smallest absolute Gasteiger partial charge is 0.310 e. The Labute approximate surface area is 152 Å². The van der Waals surface area contributed by atoms with Gasteiger partial charge in [0, 0.05) is 37.7 Å². The van der Waals surface area contributed by atoms with Gasteiger partial charge in [0.15, 0.2) is 0 Å². The zero-order valence-electron chi connectivity index (χ0n) is 14.6. The highest BCUT2D eigenvalue weighted by atomic mass is 35.5. The van der Waals surface area contributed by atoms with Gasteiger partial charge in [-0.1, -0.05) is 30.7 Å². The molecule has 0 saturated heterocycles. The summed E-state index contributed by atoms with van der Waals surface area (Å²) in [6.45, 7) is 3.90. The highest BCUT2D eigenvalue weighted by Crippen LogP contribution is 2.11. The number of carbonyl (C=O) groups is 3. The van der Waals surface area contributed by atoms with Crippen molar-refractivity contribution in [3.8, 4) is 0 Å². The van der Waals surface area contributed by atoms with E-state index < -0.39 is 5.92 Å². The molecule has 0 aliphatic carbocycles. The number of hydrogen-bond acceptors (Lipinski definition) is 4. The quantitative estimate of drug-likeness (QED) is 0.565. The number of esters is 1. The number of amides is 2. The molecule has 1 N–H and O–H groups in total. The van der Waals surface area contributed by atoms with Crippen LogP contribution in [0.3, 0.4) is 0 Å². The third-order valence-electron chi connectivity index (χ3n) is 3.45. The number of nitrogens with one attached hydrogen (secondary N) is 1. The maximum absolute atomic E-state index is 12.5. The first-order valence-corrected chi connectivity index (χ1v) is 8.26. The van der Waals surface area contributed by atoms with E-state index in [9.17, 15) is 14.4 Å². The summed E-state index contributed by atoms with van der Waals surface area (Å²) in [5, 5.41) is 3.26. The van der Waals surface area contributed by atoms with Crippen LogP contribution in [-0.4, -0.2) is 49.4 Å². The Morgan fingerprint density at radius 3 is 2.48 bits per heavy atom.